The Labute approximate surface area is 119 Å². The fraction of sp³-hybridized carbons (Fsp3) is 0.235. The van der Waals surface area contributed by atoms with Crippen LogP contribution in [-0.4, -0.2) is 20.2 Å². The Balaban J connectivity index is 2.12. The molecule has 0 aliphatic heterocycles. The van der Waals surface area contributed by atoms with Crippen molar-refractivity contribution in [3.05, 3.63) is 71.5 Å². The van der Waals surface area contributed by atoms with E-state index < -0.39 is 0 Å². The second-order valence-electron chi connectivity index (χ2n) is 4.59. The molecule has 0 spiro atoms. The van der Waals surface area contributed by atoms with Gasteiger partial charge in [0.2, 0.25) is 0 Å². The maximum atomic E-state index is 11.7. The molecule has 3 heteroatoms. The quantitative estimate of drug-likeness (QED) is 0.468. The number of carbonyl (C=O) groups excluding carboxylic acids is 1. The first-order chi connectivity index (χ1) is 9.74. The van der Waals surface area contributed by atoms with Gasteiger partial charge < -0.3 is 9.47 Å². The van der Waals surface area contributed by atoms with E-state index in [4.69, 9.17) is 9.47 Å². The van der Waals surface area contributed by atoms with Gasteiger partial charge in [-0.25, -0.2) is 4.79 Å². The number of allylic oxidation sites excluding steroid dienone is 4. The molecule has 1 aliphatic rings. The summed E-state index contributed by atoms with van der Waals surface area (Å²) in [7, 11) is 2.90. The third kappa shape index (κ3) is 3.38. The molecular formula is C17H18O3. The van der Waals surface area contributed by atoms with Crippen LogP contribution in [0.5, 0.6) is 0 Å². The van der Waals surface area contributed by atoms with Crippen molar-refractivity contribution in [2.24, 2.45) is 5.92 Å². The fourth-order valence-corrected chi connectivity index (χ4v) is 2.22. The molecule has 1 atom stereocenters. The third-order valence-electron chi connectivity index (χ3n) is 3.19. The first-order valence-corrected chi connectivity index (χ1v) is 6.48. The van der Waals surface area contributed by atoms with Gasteiger partial charge in [0.05, 0.1) is 26.1 Å². The molecular weight excluding hydrogens is 252 g/mol. The second kappa shape index (κ2) is 6.75. The van der Waals surface area contributed by atoms with E-state index in [0.717, 1.165) is 6.42 Å². The van der Waals surface area contributed by atoms with Crippen molar-refractivity contribution in [3.8, 4) is 0 Å². The van der Waals surface area contributed by atoms with Crippen LogP contribution in [0.2, 0.25) is 0 Å². The summed E-state index contributed by atoms with van der Waals surface area (Å²) in [5, 5.41) is 0. The van der Waals surface area contributed by atoms with Gasteiger partial charge in [-0.15, -0.1) is 0 Å². The van der Waals surface area contributed by atoms with Gasteiger partial charge in [-0.3, -0.25) is 0 Å². The first kappa shape index (κ1) is 14.1. The summed E-state index contributed by atoms with van der Waals surface area (Å²) in [6, 6.07) is 10.2. The molecule has 2 rings (SSSR count). The average Bonchev–Trinajstić information content (AvgIpc) is 2.93. The van der Waals surface area contributed by atoms with E-state index in [1.807, 2.05) is 30.4 Å². The van der Waals surface area contributed by atoms with Crippen molar-refractivity contribution < 1.29 is 14.3 Å². The summed E-state index contributed by atoms with van der Waals surface area (Å²) >= 11 is 0. The van der Waals surface area contributed by atoms with Crippen molar-refractivity contribution in [2.75, 3.05) is 14.2 Å². The lowest BCUT2D eigenvalue weighted by Crippen LogP contribution is -2.11. The van der Waals surface area contributed by atoms with Crippen LogP contribution in [0, 0.1) is 5.92 Å². The van der Waals surface area contributed by atoms with Crippen molar-refractivity contribution in [1.29, 1.82) is 0 Å². The minimum Gasteiger partial charge on any atom is -0.504 e. The monoisotopic (exact) mass is 270 g/mol. The van der Waals surface area contributed by atoms with Crippen molar-refractivity contribution >= 4 is 5.97 Å². The molecule has 0 fully saturated rings. The molecule has 1 aromatic rings. The molecule has 0 radical (unpaired) electrons. The van der Waals surface area contributed by atoms with Gasteiger partial charge in [-0.2, -0.15) is 0 Å². The summed E-state index contributed by atoms with van der Waals surface area (Å²) in [5.74, 6) is -0.445. The molecule has 1 aromatic carbocycles. The lowest BCUT2D eigenvalue weighted by Gasteiger charge is -2.08. The third-order valence-corrected chi connectivity index (χ3v) is 3.19. The number of carbonyl (C=O) groups is 1. The maximum absolute atomic E-state index is 11.7. The number of ether oxygens (including phenoxy) is 2. The molecule has 1 aliphatic carbocycles. The van der Waals surface area contributed by atoms with Gasteiger partial charge in [0.15, 0.2) is 0 Å². The van der Waals surface area contributed by atoms with Gasteiger partial charge in [0.1, 0.15) is 0 Å². The molecule has 20 heavy (non-hydrogen) atoms. The number of hydrogen-bond donors (Lipinski definition) is 0. The Bertz CT molecular complexity index is 553. The molecule has 0 saturated heterocycles. The van der Waals surface area contributed by atoms with E-state index in [9.17, 15) is 4.79 Å². The van der Waals surface area contributed by atoms with Crippen LogP contribution in [0.4, 0.5) is 0 Å². The number of hydrogen-bond acceptors (Lipinski definition) is 3. The molecule has 104 valence electrons. The number of benzene rings is 1. The van der Waals surface area contributed by atoms with Crippen molar-refractivity contribution in [2.45, 2.75) is 6.42 Å². The van der Waals surface area contributed by atoms with Gasteiger partial charge in [0.25, 0.3) is 0 Å². The molecule has 1 unspecified atom stereocenters. The minimum absolute atomic E-state index is 0.0823. The lowest BCUT2D eigenvalue weighted by molar-refractivity contribution is -0.136. The molecule has 3 nitrogen and oxygen atoms in total. The number of rotatable bonds is 5. The van der Waals surface area contributed by atoms with Gasteiger partial charge in [-0.1, -0.05) is 48.6 Å². The summed E-state index contributed by atoms with van der Waals surface area (Å²) in [4.78, 5) is 11.7. The highest BCUT2D eigenvalue weighted by atomic mass is 16.5. The normalized spacial score (nSPS) is 17.8. The Morgan fingerprint density at radius 3 is 2.65 bits per heavy atom. The first-order valence-electron chi connectivity index (χ1n) is 6.48. The van der Waals surface area contributed by atoms with Crippen LogP contribution >= 0.6 is 0 Å². The summed E-state index contributed by atoms with van der Waals surface area (Å²) < 4.78 is 9.75. The Kier molecular flexibility index (Phi) is 4.77. The van der Waals surface area contributed by atoms with E-state index in [1.165, 1.54) is 31.6 Å². The van der Waals surface area contributed by atoms with E-state index >= 15 is 0 Å². The summed E-state index contributed by atoms with van der Waals surface area (Å²) in [5.41, 5.74) is 2.95. The zero-order chi connectivity index (χ0) is 14.4. The molecule has 0 amide bonds. The van der Waals surface area contributed by atoms with Gasteiger partial charge in [-0.05, 0) is 17.6 Å². The molecule has 0 aromatic heterocycles. The van der Waals surface area contributed by atoms with E-state index in [2.05, 4.69) is 18.2 Å². The van der Waals surface area contributed by atoms with Crippen LogP contribution in [-0.2, 0) is 20.7 Å². The van der Waals surface area contributed by atoms with E-state index in [-0.39, 0.29) is 11.9 Å². The Morgan fingerprint density at radius 1 is 1.25 bits per heavy atom. The van der Waals surface area contributed by atoms with E-state index in [1.54, 1.807) is 0 Å². The van der Waals surface area contributed by atoms with Crippen molar-refractivity contribution in [3.63, 3.8) is 0 Å². The SMILES string of the molecule is CO/C=C(/C(=O)OC)C1C=CC(Cc2ccccc2)=C1. The lowest BCUT2D eigenvalue weighted by atomic mass is 10.0. The van der Waals surface area contributed by atoms with Crippen LogP contribution in [0.1, 0.15) is 5.56 Å². The Hall–Kier alpha value is -2.29. The topological polar surface area (TPSA) is 35.5 Å². The molecule has 0 saturated carbocycles. The summed E-state index contributed by atoms with van der Waals surface area (Å²) in [6.45, 7) is 0. The second-order valence-corrected chi connectivity index (χ2v) is 4.59. The highest BCUT2D eigenvalue weighted by Gasteiger charge is 2.21. The predicted molar refractivity (Wildman–Crippen MR) is 78.0 cm³/mol. The number of esters is 1. The number of methoxy groups -OCH3 is 2. The highest BCUT2D eigenvalue weighted by Crippen LogP contribution is 2.26. The van der Waals surface area contributed by atoms with Crippen LogP contribution in [0.25, 0.3) is 0 Å². The van der Waals surface area contributed by atoms with Crippen LogP contribution < -0.4 is 0 Å². The molecule has 0 N–H and O–H groups in total. The standard InChI is InChI=1S/C17H18O3/c1-19-12-16(17(18)20-2)15-9-8-14(11-15)10-13-6-4-3-5-7-13/h3-9,11-12,15H,10H2,1-2H3/b16-12+. The van der Waals surface area contributed by atoms with Crippen LogP contribution in [0.3, 0.4) is 0 Å². The van der Waals surface area contributed by atoms with Crippen LogP contribution in [0.15, 0.2) is 66.0 Å². The molecule has 0 bridgehead atoms. The predicted octanol–water partition coefficient (Wildman–Crippen LogP) is 3.04. The zero-order valence-electron chi connectivity index (χ0n) is 11.7. The summed E-state index contributed by atoms with van der Waals surface area (Å²) in [6.07, 6.45) is 8.40. The van der Waals surface area contributed by atoms with Gasteiger partial charge in [0, 0.05) is 5.92 Å². The minimum atomic E-state index is -0.362. The van der Waals surface area contributed by atoms with E-state index in [0.29, 0.717) is 5.57 Å². The largest absolute Gasteiger partial charge is 0.504 e. The highest BCUT2D eigenvalue weighted by molar-refractivity contribution is 5.89. The smallest absolute Gasteiger partial charge is 0.337 e. The Morgan fingerprint density at radius 2 is 2.00 bits per heavy atom. The maximum Gasteiger partial charge on any atom is 0.337 e. The molecule has 0 heterocycles. The average molecular weight is 270 g/mol. The van der Waals surface area contributed by atoms with Crippen molar-refractivity contribution in [1.82, 2.24) is 0 Å². The fourth-order valence-electron chi connectivity index (χ4n) is 2.22. The zero-order valence-corrected chi connectivity index (χ0v) is 11.7. The van der Waals surface area contributed by atoms with Gasteiger partial charge >= 0.3 is 5.97 Å².